The second kappa shape index (κ2) is 15.4. The van der Waals surface area contributed by atoms with Gasteiger partial charge < -0.3 is 34.8 Å². The number of H-pyrrole nitrogens is 1. The first-order chi connectivity index (χ1) is 20.7. The Morgan fingerprint density at radius 3 is 2.36 bits per heavy atom. The maximum Gasteiger partial charge on any atom is 0.184 e. The number of aromatic nitrogens is 1. The normalized spacial score (nSPS) is 22.5. The van der Waals surface area contributed by atoms with Crippen molar-refractivity contribution in [1.82, 2.24) is 4.98 Å². The number of aliphatic hydroxyl groups is 1. The molecule has 1 aliphatic rings. The third-order valence-electron chi connectivity index (χ3n) is 8.16. The molecule has 0 saturated carbocycles. The van der Waals surface area contributed by atoms with E-state index in [-0.39, 0.29) is 6.10 Å². The molecule has 0 bridgehead atoms. The van der Waals surface area contributed by atoms with E-state index in [1.54, 1.807) is 0 Å². The Bertz CT molecular complexity index is 1330. The molecule has 1 aromatic heterocycles. The van der Waals surface area contributed by atoms with Crippen molar-refractivity contribution in [3.05, 3.63) is 108 Å². The van der Waals surface area contributed by atoms with Gasteiger partial charge in [-0.15, -0.1) is 0 Å². The lowest BCUT2D eigenvalue weighted by molar-refractivity contribution is -0.316. The number of nitrogens with one attached hydrogen (secondary N) is 1. The van der Waals surface area contributed by atoms with Gasteiger partial charge in [-0.3, -0.25) is 0 Å². The summed E-state index contributed by atoms with van der Waals surface area (Å²) in [6.07, 6.45) is 4.91. The molecule has 4 aromatic rings. The number of aryl methyl sites for hydroxylation is 1. The van der Waals surface area contributed by atoms with E-state index in [9.17, 15) is 5.11 Å². The molecular formula is C35H44N2O5. The van der Waals surface area contributed by atoms with E-state index >= 15 is 0 Å². The van der Waals surface area contributed by atoms with Crippen LogP contribution >= 0.6 is 0 Å². The number of benzene rings is 3. The number of ether oxygens (including phenoxy) is 4. The van der Waals surface area contributed by atoms with E-state index in [4.69, 9.17) is 24.7 Å². The van der Waals surface area contributed by atoms with Crippen LogP contribution in [0.3, 0.4) is 0 Å². The van der Waals surface area contributed by atoms with Gasteiger partial charge in [0.15, 0.2) is 6.29 Å². The average molecular weight is 573 g/mol. The zero-order chi connectivity index (χ0) is 29.0. The maximum absolute atomic E-state index is 11.6. The smallest absolute Gasteiger partial charge is 0.184 e. The van der Waals surface area contributed by atoms with E-state index in [1.807, 2.05) is 60.7 Å². The number of rotatable bonds is 16. The van der Waals surface area contributed by atoms with Crippen molar-refractivity contribution in [3.63, 3.8) is 0 Å². The predicted molar refractivity (Wildman–Crippen MR) is 165 cm³/mol. The van der Waals surface area contributed by atoms with Gasteiger partial charge in [-0.2, -0.15) is 0 Å². The molecule has 2 heterocycles. The monoisotopic (exact) mass is 572 g/mol. The van der Waals surface area contributed by atoms with Crippen LogP contribution < -0.4 is 5.73 Å². The van der Waals surface area contributed by atoms with Gasteiger partial charge in [0.1, 0.15) is 11.7 Å². The fourth-order valence-electron chi connectivity index (χ4n) is 5.68. The largest absolute Gasteiger partial charge is 0.379 e. The number of nitrogens with two attached hydrogens (primary N) is 1. The Morgan fingerprint density at radius 2 is 1.60 bits per heavy atom. The maximum atomic E-state index is 11.6. The first-order valence-electron chi connectivity index (χ1n) is 15.2. The lowest BCUT2D eigenvalue weighted by Crippen LogP contribution is -2.59. The Morgan fingerprint density at radius 1 is 0.881 bits per heavy atom. The van der Waals surface area contributed by atoms with Gasteiger partial charge in [0.2, 0.25) is 0 Å². The molecule has 5 rings (SSSR count). The van der Waals surface area contributed by atoms with Crippen LogP contribution in [0, 0.1) is 0 Å². The van der Waals surface area contributed by atoms with E-state index in [2.05, 4.69) is 35.4 Å². The van der Waals surface area contributed by atoms with Crippen LogP contribution in [0.1, 0.15) is 48.8 Å². The summed E-state index contributed by atoms with van der Waals surface area (Å²) in [5, 5.41) is 12.8. The number of para-hydroxylation sites is 1. The van der Waals surface area contributed by atoms with E-state index < -0.39 is 18.0 Å². The summed E-state index contributed by atoms with van der Waals surface area (Å²) in [4.78, 5) is 3.37. The van der Waals surface area contributed by atoms with Crippen LogP contribution in [0.15, 0.2) is 91.1 Å². The van der Waals surface area contributed by atoms with Crippen LogP contribution in [-0.4, -0.2) is 53.9 Å². The lowest BCUT2D eigenvalue weighted by atomic mass is 9.84. The molecule has 0 radical (unpaired) electrons. The SMILES string of the molecule is NCCCCCOC[C@H]1O[C@@H](O)[C@](CCc2c[nH]c3ccccc23)(OCc2ccccc2)C[C@@H]1OCc1ccccc1. The molecule has 0 unspecified atom stereocenters. The van der Waals surface area contributed by atoms with Crippen molar-refractivity contribution in [2.24, 2.45) is 5.73 Å². The summed E-state index contributed by atoms with van der Waals surface area (Å²) in [7, 11) is 0. The molecule has 4 atom stereocenters. The number of fused-ring (bicyclic) bond motifs is 1. The highest BCUT2D eigenvalue weighted by molar-refractivity contribution is 5.83. The molecule has 0 amide bonds. The molecule has 1 saturated heterocycles. The number of aliphatic hydroxyl groups excluding tert-OH is 1. The summed E-state index contributed by atoms with van der Waals surface area (Å²) >= 11 is 0. The van der Waals surface area contributed by atoms with Crippen LogP contribution in [0.25, 0.3) is 10.9 Å². The molecule has 1 aliphatic heterocycles. The minimum Gasteiger partial charge on any atom is -0.379 e. The summed E-state index contributed by atoms with van der Waals surface area (Å²) in [6, 6.07) is 28.5. The predicted octanol–water partition coefficient (Wildman–Crippen LogP) is 5.89. The number of unbranched alkanes of at least 4 members (excludes halogenated alkanes) is 2. The van der Waals surface area contributed by atoms with Gasteiger partial charge in [-0.25, -0.2) is 0 Å². The van der Waals surface area contributed by atoms with Crippen LogP contribution in [0.5, 0.6) is 0 Å². The highest BCUT2D eigenvalue weighted by atomic mass is 16.7. The fourth-order valence-corrected chi connectivity index (χ4v) is 5.68. The van der Waals surface area contributed by atoms with Crippen molar-refractivity contribution >= 4 is 10.9 Å². The molecule has 1 fully saturated rings. The van der Waals surface area contributed by atoms with Crippen LogP contribution in [0.4, 0.5) is 0 Å². The zero-order valence-corrected chi connectivity index (χ0v) is 24.3. The fraction of sp³-hybridized carbons (Fsp3) is 0.429. The Kier molecular flexibility index (Phi) is 11.2. The number of aromatic amines is 1. The van der Waals surface area contributed by atoms with Crippen molar-refractivity contribution < 1.29 is 24.1 Å². The molecule has 4 N–H and O–H groups in total. The van der Waals surface area contributed by atoms with Gasteiger partial charge in [0, 0.05) is 30.1 Å². The van der Waals surface area contributed by atoms with Gasteiger partial charge in [-0.05, 0) is 61.4 Å². The van der Waals surface area contributed by atoms with Gasteiger partial charge in [0.05, 0.1) is 25.9 Å². The standard InChI is InChI=1S/C35H44N2O5/c36-20-10-3-11-21-39-26-33-32(40-24-27-12-4-1-5-13-27)22-35(34(38)42-33,41-25-28-14-6-2-7-15-28)19-18-29-23-37-31-17-9-8-16-30(29)31/h1-2,4-9,12-17,23,32-34,37-38H,3,10-11,18-22,24-26,36H2/t32-,33+,34+,35+/m0/s1. The summed E-state index contributed by atoms with van der Waals surface area (Å²) < 4.78 is 25.5. The summed E-state index contributed by atoms with van der Waals surface area (Å²) in [6.45, 7) is 2.46. The minimum absolute atomic E-state index is 0.323. The Labute approximate surface area is 248 Å². The van der Waals surface area contributed by atoms with E-state index in [0.717, 1.165) is 35.9 Å². The summed E-state index contributed by atoms with van der Waals surface area (Å²) in [5.41, 5.74) is 9.07. The van der Waals surface area contributed by atoms with E-state index in [0.29, 0.717) is 52.2 Å². The van der Waals surface area contributed by atoms with E-state index in [1.165, 1.54) is 10.9 Å². The first-order valence-corrected chi connectivity index (χ1v) is 15.2. The van der Waals surface area contributed by atoms with Crippen LogP contribution in [-0.2, 0) is 38.6 Å². The molecular weight excluding hydrogens is 528 g/mol. The van der Waals surface area contributed by atoms with Crippen molar-refractivity contribution in [1.29, 1.82) is 0 Å². The van der Waals surface area contributed by atoms with Crippen LogP contribution in [0.2, 0.25) is 0 Å². The highest BCUT2D eigenvalue weighted by Gasteiger charge is 2.50. The molecule has 0 spiro atoms. The van der Waals surface area contributed by atoms with Crippen molar-refractivity contribution in [2.45, 2.75) is 75.8 Å². The molecule has 42 heavy (non-hydrogen) atoms. The van der Waals surface area contributed by atoms with Gasteiger partial charge in [0.25, 0.3) is 0 Å². The number of hydrogen-bond donors (Lipinski definition) is 3. The molecule has 0 aliphatic carbocycles. The quantitative estimate of drug-likeness (QED) is 0.145. The lowest BCUT2D eigenvalue weighted by Gasteiger charge is -2.47. The average Bonchev–Trinajstić information content (AvgIpc) is 3.45. The second-order valence-corrected chi connectivity index (χ2v) is 11.2. The second-order valence-electron chi connectivity index (χ2n) is 11.2. The molecule has 7 heteroatoms. The van der Waals surface area contributed by atoms with Crippen molar-refractivity contribution in [3.8, 4) is 0 Å². The topological polar surface area (TPSA) is 99.0 Å². The minimum atomic E-state index is -1.13. The molecule has 7 nitrogen and oxygen atoms in total. The zero-order valence-electron chi connectivity index (χ0n) is 24.3. The molecule has 224 valence electrons. The summed E-state index contributed by atoms with van der Waals surface area (Å²) in [5.74, 6) is 0. The number of hydrogen-bond acceptors (Lipinski definition) is 6. The third-order valence-corrected chi connectivity index (χ3v) is 8.16. The Hall–Kier alpha value is -3.04. The van der Waals surface area contributed by atoms with Gasteiger partial charge >= 0.3 is 0 Å². The molecule has 3 aromatic carbocycles. The highest BCUT2D eigenvalue weighted by Crippen LogP contribution is 2.38. The Balaban J connectivity index is 1.34. The first kappa shape index (κ1) is 30.4. The van der Waals surface area contributed by atoms with Gasteiger partial charge in [-0.1, -0.05) is 78.9 Å². The van der Waals surface area contributed by atoms with Crippen molar-refractivity contribution in [2.75, 3.05) is 19.8 Å². The third kappa shape index (κ3) is 8.07.